The minimum atomic E-state index is -4.45. The number of carbonyl (C=O) groups is 1. The number of rotatable bonds is 8. The first-order valence-electron chi connectivity index (χ1n) is 7.35. The van der Waals surface area contributed by atoms with Gasteiger partial charge in [-0.05, 0) is 31.0 Å². The highest BCUT2D eigenvalue weighted by atomic mass is 19.4. The number of aldehydes is 1. The van der Waals surface area contributed by atoms with Gasteiger partial charge in [-0.15, -0.1) is 0 Å². The summed E-state index contributed by atoms with van der Waals surface area (Å²) in [5.41, 5.74) is -0.494. The molecule has 0 aliphatic rings. The number of halogens is 3. The summed E-state index contributed by atoms with van der Waals surface area (Å²) in [6, 6.07) is 3.80. The highest BCUT2D eigenvalue weighted by molar-refractivity contribution is 5.77. The summed E-state index contributed by atoms with van der Waals surface area (Å²) in [6.45, 7) is 5.22. The van der Waals surface area contributed by atoms with Gasteiger partial charge in [0.15, 0.2) is 0 Å². The van der Waals surface area contributed by atoms with Gasteiger partial charge in [0.1, 0.15) is 6.29 Å². The van der Waals surface area contributed by atoms with Crippen LogP contribution in [0.2, 0.25) is 0 Å². The first-order valence-corrected chi connectivity index (χ1v) is 7.35. The molecule has 0 unspecified atom stereocenters. The molecule has 0 aromatic heterocycles. The SMILES string of the molecule is CCCCN(CCCC)c1ccc(C=O)cc1C(F)(F)F. The van der Waals surface area contributed by atoms with Gasteiger partial charge in [-0.2, -0.15) is 13.2 Å². The first-order chi connectivity index (χ1) is 9.93. The van der Waals surface area contributed by atoms with E-state index in [1.165, 1.54) is 12.1 Å². The summed E-state index contributed by atoms with van der Waals surface area (Å²) >= 11 is 0. The lowest BCUT2D eigenvalue weighted by Crippen LogP contribution is -2.28. The third-order valence-corrected chi connectivity index (χ3v) is 3.37. The van der Waals surface area contributed by atoms with Crippen LogP contribution in [0.15, 0.2) is 18.2 Å². The molecule has 2 nitrogen and oxygen atoms in total. The van der Waals surface area contributed by atoms with E-state index >= 15 is 0 Å². The smallest absolute Gasteiger partial charge is 0.371 e. The molecule has 0 N–H and O–H groups in total. The first kappa shape index (κ1) is 17.5. The van der Waals surface area contributed by atoms with Crippen molar-refractivity contribution in [2.45, 2.75) is 45.7 Å². The van der Waals surface area contributed by atoms with E-state index in [0.717, 1.165) is 31.7 Å². The summed E-state index contributed by atoms with van der Waals surface area (Å²) in [5.74, 6) is 0. The molecule has 0 saturated carbocycles. The van der Waals surface area contributed by atoms with Gasteiger partial charge in [-0.3, -0.25) is 4.79 Å². The Morgan fingerprint density at radius 3 is 2.10 bits per heavy atom. The monoisotopic (exact) mass is 301 g/mol. The van der Waals surface area contributed by atoms with Crippen molar-refractivity contribution >= 4 is 12.0 Å². The van der Waals surface area contributed by atoms with E-state index in [4.69, 9.17) is 0 Å². The molecular weight excluding hydrogens is 279 g/mol. The normalized spacial score (nSPS) is 11.5. The van der Waals surface area contributed by atoms with Gasteiger partial charge in [0.05, 0.1) is 5.56 Å². The molecule has 5 heteroatoms. The summed E-state index contributed by atoms with van der Waals surface area (Å²) in [7, 11) is 0. The second-order valence-electron chi connectivity index (χ2n) is 5.09. The maximum Gasteiger partial charge on any atom is 0.418 e. The number of nitrogens with zero attached hydrogens (tertiary/aromatic N) is 1. The molecule has 0 amide bonds. The zero-order valence-corrected chi connectivity index (χ0v) is 12.5. The van der Waals surface area contributed by atoms with Gasteiger partial charge < -0.3 is 4.90 Å². The van der Waals surface area contributed by atoms with Crippen LogP contribution < -0.4 is 4.90 Å². The Hall–Kier alpha value is -1.52. The Bertz CT molecular complexity index is 449. The van der Waals surface area contributed by atoms with Crippen molar-refractivity contribution < 1.29 is 18.0 Å². The number of hydrogen-bond donors (Lipinski definition) is 0. The Balaban J connectivity index is 3.18. The van der Waals surface area contributed by atoms with Gasteiger partial charge in [0.25, 0.3) is 0 Å². The number of unbranched alkanes of at least 4 members (excludes halogenated alkanes) is 2. The Kier molecular flexibility index (Phi) is 6.72. The molecule has 1 aromatic rings. The van der Waals surface area contributed by atoms with Crippen LogP contribution in [0.4, 0.5) is 18.9 Å². The third-order valence-electron chi connectivity index (χ3n) is 3.37. The highest BCUT2D eigenvalue weighted by Crippen LogP contribution is 2.37. The fraction of sp³-hybridized carbons (Fsp3) is 0.562. The Morgan fingerprint density at radius 2 is 1.67 bits per heavy atom. The predicted octanol–water partition coefficient (Wildman–Crippen LogP) is 4.92. The molecule has 21 heavy (non-hydrogen) atoms. The van der Waals surface area contributed by atoms with Crippen LogP contribution in [0.3, 0.4) is 0 Å². The molecule has 1 rings (SSSR count). The average molecular weight is 301 g/mol. The van der Waals surface area contributed by atoms with Crippen LogP contribution in [0, 0.1) is 0 Å². The topological polar surface area (TPSA) is 20.3 Å². The van der Waals surface area contributed by atoms with Gasteiger partial charge in [-0.25, -0.2) is 0 Å². The van der Waals surface area contributed by atoms with Crippen LogP contribution in [-0.4, -0.2) is 19.4 Å². The summed E-state index contributed by atoms with van der Waals surface area (Å²) in [4.78, 5) is 12.5. The van der Waals surface area contributed by atoms with Crippen LogP contribution in [0.1, 0.15) is 55.5 Å². The van der Waals surface area contributed by atoms with E-state index in [1.807, 2.05) is 13.8 Å². The molecule has 0 radical (unpaired) electrons. The zero-order valence-electron chi connectivity index (χ0n) is 12.5. The molecule has 0 atom stereocenters. The van der Waals surface area contributed by atoms with E-state index in [-0.39, 0.29) is 11.3 Å². The van der Waals surface area contributed by atoms with Gasteiger partial charge in [0.2, 0.25) is 0 Å². The Labute approximate surface area is 123 Å². The molecule has 0 aliphatic heterocycles. The number of benzene rings is 1. The summed E-state index contributed by atoms with van der Waals surface area (Å²) in [6.07, 6.45) is -0.466. The van der Waals surface area contributed by atoms with E-state index in [9.17, 15) is 18.0 Å². The minimum absolute atomic E-state index is 0.0528. The van der Waals surface area contributed by atoms with Crippen LogP contribution >= 0.6 is 0 Å². The number of alkyl halides is 3. The highest BCUT2D eigenvalue weighted by Gasteiger charge is 2.35. The minimum Gasteiger partial charge on any atom is -0.371 e. The Morgan fingerprint density at radius 1 is 1.10 bits per heavy atom. The largest absolute Gasteiger partial charge is 0.418 e. The van der Waals surface area contributed by atoms with Crippen LogP contribution in [0.25, 0.3) is 0 Å². The van der Waals surface area contributed by atoms with Gasteiger partial charge in [-0.1, -0.05) is 26.7 Å². The summed E-state index contributed by atoms with van der Waals surface area (Å²) in [5, 5.41) is 0. The predicted molar refractivity (Wildman–Crippen MR) is 78.9 cm³/mol. The zero-order chi connectivity index (χ0) is 15.9. The van der Waals surface area contributed by atoms with Crippen molar-refractivity contribution in [2.24, 2.45) is 0 Å². The van der Waals surface area contributed by atoms with Crippen molar-refractivity contribution in [1.82, 2.24) is 0 Å². The average Bonchev–Trinajstić information content (AvgIpc) is 2.46. The molecule has 0 fully saturated rings. The van der Waals surface area contributed by atoms with Crippen molar-refractivity contribution in [1.29, 1.82) is 0 Å². The van der Waals surface area contributed by atoms with E-state index in [0.29, 0.717) is 19.4 Å². The van der Waals surface area contributed by atoms with E-state index < -0.39 is 11.7 Å². The summed E-state index contributed by atoms with van der Waals surface area (Å²) < 4.78 is 39.7. The third kappa shape index (κ3) is 5.06. The lowest BCUT2D eigenvalue weighted by Gasteiger charge is -2.28. The van der Waals surface area contributed by atoms with Crippen LogP contribution in [-0.2, 0) is 6.18 Å². The molecule has 0 spiro atoms. The lowest BCUT2D eigenvalue weighted by molar-refractivity contribution is -0.137. The second kappa shape index (κ2) is 8.05. The maximum atomic E-state index is 13.2. The maximum absolute atomic E-state index is 13.2. The number of hydrogen-bond acceptors (Lipinski definition) is 2. The molecular formula is C16H22F3NO. The van der Waals surface area contributed by atoms with Crippen molar-refractivity contribution in [3.63, 3.8) is 0 Å². The van der Waals surface area contributed by atoms with Crippen molar-refractivity contribution in [2.75, 3.05) is 18.0 Å². The van der Waals surface area contributed by atoms with Gasteiger partial charge in [0, 0.05) is 24.3 Å². The van der Waals surface area contributed by atoms with E-state index in [1.54, 1.807) is 4.90 Å². The second-order valence-corrected chi connectivity index (χ2v) is 5.09. The van der Waals surface area contributed by atoms with Crippen LogP contribution in [0.5, 0.6) is 0 Å². The molecule has 118 valence electrons. The van der Waals surface area contributed by atoms with Gasteiger partial charge >= 0.3 is 6.18 Å². The van der Waals surface area contributed by atoms with Crippen molar-refractivity contribution in [3.8, 4) is 0 Å². The molecule has 0 heterocycles. The fourth-order valence-electron chi connectivity index (χ4n) is 2.18. The molecule has 0 aliphatic carbocycles. The quantitative estimate of drug-likeness (QED) is 0.635. The molecule has 0 saturated heterocycles. The van der Waals surface area contributed by atoms with E-state index in [2.05, 4.69) is 0 Å². The van der Waals surface area contributed by atoms with Crippen molar-refractivity contribution in [3.05, 3.63) is 29.3 Å². The number of carbonyl (C=O) groups excluding carboxylic acids is 1. The fourth-order valence-corrected chi connectivity index (χ4v) is 2.18. The standard InChI is InChI=1S/C16H22F3NO/c1-3-5-9-20(10-6-4-2)15-8-7-13(12-21)11-14(15)16(17,18)19/h7-8,11-12H,3-6,9-10H2,1-2H3. The lowest BCUT2D eigenvalue weighted by atomic mass is 10.1. The molecule has 1 aromatic carbocycles. The number of anilines is 1. The molecule has 0 bridgehead atoms.